The number of allylic oxidation sites excluding steroid dienone is 6. The first-order chi connectivity index (χ1) is 7.21. The van der Waals surface area contributed by atoms with E-state index in [1.54, 1.807) is 16.3 Å². The highest BCUT2D eigenvalue weighted by atomic mass is 28.3. The van der Waals surface area contributed by atoms with E-state index in [1.807, 2.05) is 0 Å². The number of fused-ring (bicyclic) bond motifs is 1. The molecule has 0 amide bonds. The third-order valence-corrected chi connectivity index (χ3v) is 8.54. The van der Waals surface area contributed by atoms with E-state index in [9.17, 15) is 0 Å². The van der Waals surface area contributed by atoms with Crippen LogP contribution < -0.4 is 0 Å². The Hall–Kier alpha value is -0.346. The van der Waals surface area contributed by atoms with Gasteiger partial charge in [-0.05, 0) is 23.1 Å². The minimum absolute atomic E-state index is 0.868. The van der Waals surface area contributed by atoms with Crippen molar-refractivity contribution in [3.63, 3.8) is 0 Å². The molecule has 0 aromatic carbocycles. The van der Waals surface area contributed by atoms with Gasteiger partial charge in [-0.2, -0.15) is 0 Å². The summed E-state index contributed by atoms with van der Waals surface area (Å²) < 4.78 is 0. The first kappa shape index (κ1) is 12.1. The van der Waals surface area contributed by atoms with Crippen molar-refractivity contribution in [2.75, 3.05) is 0 Å². The van der Waals surface area contributed by atoms with Gasteiger partial charge < -0.3 is 0 Å². The summed E-state index contributed by atoms with van der Waals surface area (Å²) in [6.45, 7) is 14.9. The van der Waals surface area contributed by atoms with E-state index in [1.165, 1.54) is 6.42 Å². The highest BCUT2D eigenvalue weighted by molar-refractivity contribution is 6.84. The van der Waals surface area contributed by atoms with Gasteiger partial charge in [-0.15, -0.1) is 0 Å². The van der Waals surface area contributed by atoms with E-state index in [-0.39, 0.29) is 0 Å². The largest absolute Gasteiger partial charge is 0.0844 e. The molecule has 0 aliphatic heterocycles. The fraction of sp³-hybridized carbons (Fsp3) is 0.571. The molecule has 0 aromatic heterocycles. The lowest BCUT2D eigenvalue weighted by atomic mass is 9.87. The van der Waals surface area contributed by atoms with Gasteiger partial charge in [0.15, 0.2) is 0 Å². The quantitative estimate of drug-likeness (QED) is 0.618. The van der Waals surface area contributed by atoms with Gasteiger partial charge in [-0.1, -0.05) is 62.7 Å². The summed E-state index contributed by atoms with van der Waals surface area (Å²) >= 11 is 0. The molecule has 0 radical (unpaired) electrons. The van der Waals surface area contributed by atoms with Gasteiger partial charge >= 0.3 is 0 Å². The molecule has 0 bridgehead atoms. The number of hydrogen-bond donors (Lipinski definition) is 0. The second kappa shape index (κ2) is 3.57. The molecule has 0 spiro atoms. The van der Waals surface area contributed by atoms with Crippen LogP contribution in [0.3, 0.4) is 0 Å². The lowest BCUT2D eigenvalue weighted by Crippen LogP contribution is -2.36. The molecule has 0 saturated carbocycles. The normalized spacial score (nSPS) is 25.1. The zero-order valence-electron chi connectivity index (χ0n) is 11.5. The van der Waals surface area contributed by atoms with Gasteiger partial charge in [0, 0.05) is 0 Å². The zero-order valence-corrected chi connectivity index (χ0v) is 13.5. The molecule has 1 unspecified atom stereocenters. The molecule has 0 N–H and O–H groups in total. The van der Waals surface area contributed by atoms with Crippen molar-refractivity contribution in [3.8, 4) is 0 Å². The standard InChI is InChI=1S/C14H24Si2/c1-15(2,3)13-9-10-14(16(4,5)6)12-8-7-11(12)13/h7-9,14H,10H2,1-6H3. The molecule has 0 heterocycles. The number of rotatable bonds is 2. The van der Waals surface area contributed by atoms with Crippen molar-refractivity contribution in [1.82, 2.24) is 0 Å². The summed E-state index contributed by atoms with van der Waals surface area (Å²) in [5, 5.41) is 1.71. The Bertz CT molecular complexity index is 397. The topological polar surface area (TPSA) is 0 Å². The van der Waals surface area contributed by atoms with Crippen molar-refractivity contribution in [1.29, 1.82) is 0 Å². The summed E-state index contributed by atoms with van der Waals surface area (Å²) in [6, 6.07) is 0. The van der Waals surface area contributed by atoms with Crippen molar-refractivity contribution < 1.29 is 0 Å². The Balaban J connectivity index is 2.32. The average molecular weight is 249 g/mol. The Morgan fingerprint density at radius 2 is 1.62 bits per heavy atom. The van der Waals surface area contributed by atoms with Crippen LogP contribution in [-0.4, -0.2) is 16.1 Å². The summed E-state index contributed by atoms with van der Waals surface area (Å²) in [6.07, 6.45) is 8.60. The molecule has 0 fully saturated rings. The SMILES string of the molecule is C[Si](C)(C)C1=CCC([Si](C)(C)C)C2=CC=C21. The predicted molar refractivity (Wildman–Crippen MR) is 79.3 cm³/mol. The van der Waals surface area contributed by atoms with E-state index < -0.39 is 16.1 Å². The average Bonchev–Trinajstić information content (AvgIpc) is 2.01. The molecule has 0 aromatic rings. The van der Waals surface area contributed by atoms with Crippen LogP contribution in [0.2, 0.25) is 44.8 Å². The highest BCUT2D eigenvalue weighted by Gasteiger charge is 2.38. The lowest BCUT2D eigenvalue weighted by Gasteiger charge is -2.41. The smallest absolute Gasteiger partial charge is 0.0779 e. The van der Waals surface area contributed by atoms with Crippen LogP contribution in [0.15, 0.2) is 34.6 Å². The zero-order chi connectivity index (χ0) is 12.1. The van der Waals surface area contributed by atoms with Gasteiger partial charge in [0.25, 0.3) is 0 Å². The van der Waals surface area contributed by atoms with Crippen molar-refractivity contribution in [2.24, 2.45) is 0 Å². The van der Waals surface area contributed by atoms with Crippen LogP contribution in [0.1, 0.15) is 6.42 Å². The first-order valence-electron chi connectivity index (χ1n) is 6.34. The van der Waals surface area contributed by atoms with E-state index in [0.717, 1.165) is 5.54 Å². The summed E-state index contributed by atoms with van der Waals surface area (Å²) in [4.78, 5) is 0. The Morgan fingerprint density at radius 1 is 1.00 bits per heavy atom. The Kier molecular flexibility index (Phi) is 2.71. The maximum absolute atomic E-state index is 2.57. The van der Waals surface area contributed by atoms with Crippen LogP contribution in [0.4, 0.5) is 0 Å². The van der Waals surface area contributed by atoms with E-state index in [2.05, 4.69) is 57.5 Å². The summed E-state index contributed by atoms with van der Waals surface area (Å²) in [5.41, 5.74) is 4.18. The Morgan fingerprint density at radius 3 is 2.00 bits per heavy atom. The van der Waals surface area contributed by atoms with Crippen LogP contribution in [0, 0.1) is 0 Å². The molecule has 1 atom stereocenters. The molecular weight excluding hydrogens is 224 g/mol. The van der Waals surface area contributed by atoms with Crippen molar-refractivity contribution in [3.05, 3.63) is 34.6 Å². The van der Waals surface area contributed by atoms with Gasteiger partial charge in [0.1, 0.15) is 0 Å². The molecule has 2 rings (SSSR count). The fourth-order valence-corrected chi connectivity index (χ4v) is 6.59. The third-order valence-electron chi connectivity index (χ3n) is 3.82. The molecular formula is C14H24Si2. The molecule has 0 nitrogen and oxygen atoms in total. The van der Waals surface area contributed by atoms with Crippen molar-refractivity contribution >= 4 is 16.1 Å². The number of hydrogen-bond acceptors (Lipinski definition) is 0. The first-order valence-corrected chi connectivity index (χ1v) is 13.4. The van der Waals surface area contributed by atoms with Crippen LogP contribution >= 0.6 is 0 Å². The van der Waals surface area contributed by atoms with Gasteiger partial charge in [0.2, 0.25) is 0 Å². The van der Waals surface area contributed by atoms with Crippen LogP contribution in [-0.2, 0) is 0 Å². The summed E-state index contributed by atoms with van der Waals surface area (Å²) in [7, 11) is -2.17. The molecule has 2 heteroatoms. The lowest BCUT2D eigenvalue weighted by molar-refractivity contribution is 0.898. The minimum atomic E-state index is -1.13. The third kappa shape index (κ3) is 1.93. The van der Waals surface area contributed by atoms with Gasteiger partial charge in [-0.25, -0.2) is 0 Å². The van der Waals surface area contributed by atoms with Crippen LogP contribution in [0.25, 0.3) is 0 Å². The predicted octanol–water partition coefficient (Wildman–Crippen LogP) is 4.77. The van der Waals surface area contributed by atoms with E-state index >= 15 is 0 Å². The Labute approximate surface area is 102 Å². The fourth-order valence-electron chi connectivity index (χ4n) is 2.81. The minimum Gasteiger partial charge on any atom is -0.0844 e. The van der Waals surface area contributed by atoms with E-state index in [4.69, 9.17) is 0 Å². The maximum atomic E-state index is 2.57. The molecule has 0 saturated heterocycles. The second-order valence-corrected chi connectivity index (χ2v) is 17.7. The van der Waals surface area contributed by atoms with Gasteiger partial charge in [0.05, 0.1) is 16.1 Å². The molecule has 2 aliphatic carbocycles. The van der Waals surface area contributed by atoms with E-state index in [0.29, 0.717) is 0 Å². The van der Waals surface area contributed by atoms with Crippen molar-refractivity contribution in [2.45, 2.75) is 51.2 Å². The molecule has 2 aliphatic rings. The van der Waals surface area contributed by atoms with Gasteiger partial charge in [-0.3, -0.25) is 0 Å². The highest BCUT2D eigenvalue weighted by Crippen LogP contribution is 2.49. The second-order valence-electron chi connectivity index (χ2n) is 7.22. The molecule has 88 valence electrons. The summed E-state index contributed by atoms with van der Waals surface area (Å²) in [5.74, 6) is 0. The maximum Gasteiger partial charge on any atom is 0.0779 e. The van der Waals surface area contributed by atoms with Crippen LogP contribution in [0.5, 0.6) is 0 Å². The monoisotopic (exact) mass is 248 g/mol. The molecule has 16 heavy (non-hydrogen) atoms.